The van der Waals surface area contributed by atoms with E-state index < -0.39 is 6.04 Å². The Morgan fingerprint density at radius 2 is 1.79 bits per heavy atom. The van der Waals surface area contributed by atoms with Crippen molar-refractivity contribution in [2.45, 2.75) is 12.5 Å². The molecule has 0 saturated heterocycles. The molecule has 118 valence electrons. The number of hydrogen-bond acceptors (Lipinski definition) is 3. The molecule has 2 heterocycles. The molecule has 1 N–H and O–H groups in total. The second kappa shape index (κ2) is 6.10. The summed E-state index contributed by atoms with van der Waals surface area (Å²) in [4.78, 5) is 16.9. The third-order valence-corrected chi connectivity index (χ3v) is 4.47. The molecule has 0 aliphatic carbocycles. The first kappa shape index (κ1) is 14.9. The second-order valence-corrected chi connectivity index (χ2v) is 6.25. The molecule has 2 aromatic carbocycles. The predicted octanol–water partition coefficient (Wildman–Crippen LogP) is 3.80. The minimum atomic E-state index is -0.459. The molecule has 1 unspecified atom stereocenters. The number of allylic oxidation sites excluding steroid dienone is 1. The molecule has 3 nitrogen and oxygen atoms in total. The monoisotopic (exact) mass is 334 g/mol. The summed E-state index contributed by atoms with van der Waals surface area (Å²) in [5.74, 6) is 0.0123. The van der Waals surface area contributed by atoms with Crippen molar-refractivity contribution in [3.63, 3.8) is 0 Å². The molecule has 4 rings (SSSR count). The van der Waals surface area contributed by atoms with Crippen molar-refractivity contribution in [1.29, 1.82) is 0 Å². The summed E-state index contributed by atoms with van der Waals surface area (Å²) in [7, 11) is 0. The van der Waals surface area contributed by atoms with E-state index in [9.17, 15) is 4.79 Å². The zero-order valence-electron chi connectivity index (χ0n) is 12.9. The maximum atomic E-state index is 12.2. The van der Waals surface area contributed by atoms with Crippen molar-refractivity contribution < 1.29 is 4.79 Å². The normalized spacial score (nSPS) is 19.1. The number of carbonyl (C=O) groups is 1. The summed E-state index contributed by atoms with van der Waals surface area (Å²) in [6.07, 6.45) is 3.92. The van der Waals surface area contributed by atoms with Gasteiger partial charge in [0.25, 0.3) is 0 Å². The number of nitrogens with one attached hydrogen (secondary N) is 1. The number of benzene rings is 2. The zero-order chi connectivity index (χ0) is 16.5. The molecule has 4 heteroatoms. The Kier molecular flexibility index (Phi) is 3.79. The fourth-order valence-electron chi connectivity index (χ4n) is 3.10. The molecular weight excluding hydrogens is 320 g/mol. The standard InChI is InChI=1S/C20H15ClN2O/c21-15-8-6-14(7-9-15)18-16(12-13-4-2-1-3-5-13)23-19-17(24)10-11-22-20(18)19/h1-11,19,22H,12H2. The lowest BCUT2D eigenvalue weighted by Gasteiger charge is -2.16. The molecule has 2 aliphatic heterocycles. The van der Waals surface area contributed by atoms with Crippen LogP contribution in [0.2, 0.25) is 5.02 Å². The minimum Gasteiger partial charge on any atom is -0.362 e. The van der Waals surface area contributed by atoms with Crippen molar-refractivity contribution in [3.8, 4) is 0 Å². The number of ketones is 1. The third-order valence-electron chi connectivity index (χ3n) is 4.22. The molecule has 0 spiro atoms. The van der Waals surface area contributed by atoms with Crippen LogP contribution in [0.3, 0.4) is 0 Å². The van der Waals surface area contributed by atoms with E-state index >= 15 is 0 Å². The molecule has 2 aliphatic rings. The van der Waals surface area contributed by atoms with Gasteiger partial charge in [0.05, 0.1) is 11.4 Å². The lowest BCUT2D eigenvalue weighted by Crippen LogP contribution is -2.28. The highest BCUT2D eigenvalue weighted by Crippen LogP contribution is 2.32. The van der Waals surface area contributed by atoms with Crippen molar-refractivity contribution in [3.05, 3.63) is 88.7 Å². The van der Waals surface area contributed by atoms with E-state index in [1.54, 1.807) is 12.3 Å². The van der Waals surface area contributed by atoms with Crippen LogP contribution >= 0.6 is 11.6 Å². The lowest BCUT2D eigenvalue weighted by molar-refractivity contribution is -0.115. The Labute approximate surface area is 145 Å². The van der Waals surface area contributed by atoms with Crippen molar-refractivity contribution in [1.82, 2.24) is 5.32 Å². The summed E-state index contributed by atoms with van der Waals surface area (Å²) in [6.45, 7) is 0. The summed E-state index contributed by atoms with van der Waals surface area (Å²) >= 11 is 6.02. The van der Waals surface area contributed by atoms with Crippen LogP contribution in [-0.4, -0.2) is 17.5 Å². The summed E-state index contributed by atoms with van der Waals surface area (Å²) in [6, 6.07) is 17.4. The van der Waals surface area contributed by atoms with Gasteiger partial charge in [-0.2, -0.15) is 0 Å². The Morgan fingerprint density at radius 1 is 1.04 bits per heavy atom. The number of nitrogens with zero attached hydrogens (tertiary/aromatic N) is 1. The molecule has 0 radical (unpaired) electrons. The number of hydrogen-bond donors (Lipinski definition) is 1. The van der Waals surface area contributed by atoms with Crippen LogP contribution in [0.25, 0.3) is 5.57 Å². The van der Waals surface area contributed by atoms with Gasteiger partial charge in [0, 0.05) is 23.2 Å². The van der Waals surface area contributed by atoms with E-state index in [2.05, 4.69) is 17.4 Å². The van der Waals surface area contributed by atoms with Crippen LogP contribution in [0, 0.1) is 0 Å². The van der Waals surface area contributed by atoms with Gasteiger partial charge in [-0.05, 0) is 29.3 Å². The molecule has 2 aromatic rings. The van der Waals surface area contributed by atoms with Gasteiger partial charge in [-0.15, -0.1) is 0 Å². The van der Waals surface area contributed by atoms with Crippen LogP contribution in [0.5, 0.6) is 0 Å². The molecule has 0 bridgehead atoms. The van der Waals surface area contributed by atoms with Gasteiger partial charge in [-0.25, -0.2) is 0 Å². The van der Waals surface area contributed by atoms with Crippen LogP contribution in [-0.2, 0) is 11.2 Å². The molecule has 1 atom stereocenters. The Morgan fingerprint density at radius 3 is 2.54 bits per heavy atom. The van der Waals surface area contributed by atoms with E-state index in [0.717, 1.165) is 22.5 Å². The average Bonchev–Trinajstić information content (AvgIpc) is 2.96. The SMILES string of the molecule is O=C1C=CNC2=C(c3ccc(Cl)cc3)C(Cc3ccccc3)=NC12. The van der Waals surface area contributed by atoms with Crippen molar-refractivity contribution in [2.24, 2.45) is 4.99 Å². The smallest absolute Gasteiger partial charge is 0.187 e. The number of carbonyl (C=O) groups excluding carboxylic acids is 1. The molecule has 0 aromatic heterocycles. The van der Waals surface area contributed by atoms with Crippen LogP contribution in [0.4, 0.5) is 0 Å². The highest BCUT2D eigenvalue weighted by atomic mass is 35.5. The predicted molar refractivity (Wildman–Crippen MR) is 97.0 cm³/mol. The van der Waals surface area contributed by atoms with Gasteiger partial charge in [0.2, 0.25) is 0 Å². The number of rotatable bonds is 3. The maximum Gasteiger partial charge on any atom is 0.187 e. The number of halogens is 1. The zero-order valence-corrected chi connectivity index (χ0v) is 13.6. The van der Waals surface area contributed by atoms with Gasteiger partial charge < -0.3 is 5.32 Å². The quantitative estimate of drug-likeness (QED) is 0.927. The summed E-state index contributed by atoms with van der Waals surface area (Å²) < 4.78 is 0. The van der Waals surface area contributed by atoms with Gasteiger partial charge in [-0.3, -0.25) is 9.79 Å². The minimum absolute atomic E-state index is 0.0123. The molecule has 0 saturated carbocycles. The van der Waals surface area contributed by atoms with Crippen LogP contribution < -0.4 is 5.32 Å². The van der Waals surface area contributed by atoms with Gasteiger partial charge in [-0.1, -0.05) is 54.1 Å². The fourth-order valence-corrected chi connectivity index (χ4v) is 3.23. The van der Waals surface area contributed by atoms with Gasteiger partial charge in [0.15, 0.2) is 11.8 Å². The van der Waals surface area contributed by atoms with Crippen molar-refractivity contribution in [2.75, 3.05) is 0 Å². The highest BCUT2D eigenvalue weighted by Gasteiger charge is 2.34. The van der Waals surface area contributed by atoms with E-state index in [1.807, 2.05) is 42.5 Å². The Bertz CT molecular complexity index is 880. The lowest BCUT2D eigenvalue weighted by atomic mass is 9.94. The molecule has 0 amide bonds. The summed E-state index contributed by atoms with van der Waals surface area (Å²) in [5.41, 5.74) is 4.96. The largest absolute Gasteiger partial charge is 0.362 e. The Balaban J connectivity index is 1.79. The molecule has 0 fully saturated rings. The average molecular weight is 335 g/mol. The number of fused-ring (bicyclic) bond motifs is 1. The van der Waals surface area contributed by atoms with E-state index in [4.69, 9.17) is 16.6 Å². The summed E-state index contributed by atoms with van der Waals surface area (Å²) in [5, 5.41) is 3.91. The first-order valence-corrected chi connectivity index (χ1v) is 8.18. The van der Waals surface area contributed by atoms with Crippen LogP contribution in [0.15, 0.2) is 77.6 Å². The van der Waals surface area contributed by atoms with E-state index in [-0.39, 0.29) is 5.78 Å². The third kappa shape index (κ3) is 2.68. The molecule has 24 heavy (non-hydrogen) atoms. The van der Waals surface area contributed by atoms with Gasteiger partial charge in [0.1, 0.15) is 0 Å². The first-order valence-electron chi connectivity index (χ1n) is 7.80. The van der Waals surface area contributed by atoms with E-state index in [0.29, 0.717) is 11.4 Å². The maximum absolute atomic E-state index is 12.2. The van der Waals surface area contributed by atoms with Gasteiger partial charge >= 0.3 is 0 Å². The first-order chi connectivity index (χ1) is 11.7. The van der Waals surface area contributed by atoms with E-state index in [1.165, 1.54) is 5.56 Å². The molecular formula is C20H15ClN2O. The number of aliphatic imine (C=N–C) groups is 1. The Hall–Kier alpha value is -2.65. The topological polar surface area (TPSA) is 41.5 Å². The fraction of sp³-hybridized carbons (Fsp3) is 0.100. The highest BCUT2D eigenvalue weighted by molar-refractivity contribution is 6.31. The van der Waals surface area contributed by atoms with Crippen molar-refractivity contribution >= 4 is 28.7 Å². The second-order valence-electron chi connectivity index (χ2n) is 5.82. The van der Waals surface area contributed by atoms with Crippen LogP contribution in [0.1, 0.15) is 11.1 Å².